The van der Waals surface area contributed by atoms with Gasteiger partial charge >= 0.3 is 0 Å². The molecule has 4 heteroatoms. The molecule has 0 unspecified atom stereocenters. The fraction of sp³-hybridized carbons (Fsp3) is 0.500. The van der Waals surface area contributed by atoms with Gasteiger partial charge in [-0.25, -0.2) is 0 Å². The number of aromatic nitrogens is 1. The summed E-state index contributed by atoms with van der Waals surface area (Å²) in [6.45, 7) is 4.51. The highest BCUT2D eigenvalue weighted by Crippen LogP contribution is 2.14. The molecule has 0 radical (unpaired) electrons. The maximum Gasteiger partial charge on any atom is 0.253 e. The maximum absolute atomic E-state index is 11.9. The van der Waals surface area contributed by atoms with Gasteiger partial charge in [0, 0.05) is 18.9 Å². The average Bonchev–Trinajstić information content (AvgIpc) is 2.37. The van der Waals surface area contributed by atoms with Crippen LogP contribution in [0.15, 0.2) is 24.5 Å². The Bertz CT molecular complexity index is 325. The normalized spacial score (nSPS) is 11.2. The van der Waals surface area contributed by atoms with Gasteiger partial charge in [0.15, 0.2) is 0 Å². The Labute approximate surface area is 96.3 Å². The summed E-state index contributed by atoms with van der Waals surface area (Å²) in [4.78, 5) is 15.9. The van der Waals surface area contributed by atoms with E-state index < -0.39 is 0 Å². The molecule has 1 rings (SSSR count). The summed E-state index contributed by atoms with van der Waals surface area (Å²) < 4.78 is 0. The van der Waals surface area contributed by atoms with Crippen molar-refractivity contribution in [2.75, 3.05) is 6.54 Å². The summed E-state index contributed by atoms with van der Waals surface area (Å²) in [6.07, 6.45) is 4.85. The molecule has 0 aliphatic rings. The van der Waals surface area contributed by atoms with Crippen LogP contribution in [0, 0.1) is 0 Å². The average molecular weight is 221 g/mol. The molecule has 1 heterocycles. The first-order valence-electron chi connectivity index (χ1n) is 5.60. The molecule has 0 bridgehead atoms. The molecule has 0 fully saturated rings. The Morgan fingerprint density at radius 1 is 1.50 bits per heavy atom. The second-order valence-corrected chi connectivity index (χ2v) is 3.89. The van der Waals surface area contributed by atoms with Crippen LogP contribution in [0.1, 0.15) is 37.0 Å². The fourth-order valence-corrected chi connectivity index (χ4v) is 1.58. The van der Waals surface area contributed by atoms with Crippen molar-refractivity contribution < 1.29 is 4.79 Å². The van der Waals surface area contributed by atoms with Crippen molar-refractivity contribution in [1.82, 2.24) is 10.3 Å². The second-order valence-electron chi connectivity index (χ2n) is 3.89. The zero-order valence-corrected chi connectivity index (χ0v) is 9.86. The first kappa shape index (κ1) is 12.6. The molecule has 0 atom stereocenters. The van der Waals surface area contributed by atoms with Gasteiger partial charge in [-0.3, -0.25) is 9.78 Å². The summed E-state index contributed by atoms with van der Waals surface area (Å²) in [5, 5.41) is 2.99. The quantitative estimate of drug-likeness (QED) is 0.788. The summed E-state index contributed by atoms with van der Waals surface area (Å²) in [7, 11) is 0. The van der Waals surface area contributed by atoms with Gasteiger partial charge in [0.1, 0.15) is 0 Å². The molecule has 88 valence electrons. The van der Waals surface area contributed by atoms with Crippen molar-refractivity contribution in [3.63, 3.8) is 0 Å². The monoisotopic (exact) mass is 221 g/mol. The third-order valence-electron chi connectivity index (χ3n) is 3.05. The van der Waals surface area contributed by atoms with E-state index in [1.54, 1.807) is 24.5 Å². The van der Waals surface area contributed by atoms with E-state index in [1.807, 2.05) is 13.8 Å². The number of carbonyl (C=O) groups is 1. The summed E-state index contributed by atoms with van der Waals surface area (Å²) >= 11 is 0. The van der Waals surface area contributed by atoms with Gasteiger partial charge in [0.2, 0.25) is 0 Å². The molecular formula is C12H19N3O. The van der Waals surface area contributed by atoms with Gasteiger partial charge in [0.25, 0.3) is 5.91 Å². The van der Waals surface area contributed by atoms with E-state index in [2.05, 4.69) is 10.3 Å². The smallest absolute Gasteiger partial charge is 0.253 e. The maximum atomic E-state index is 11.9. The number of amides is 1. The lowest BCUT2D eigenvalue weighted by Crippen LogP contribution is -2.52. The van der Waals surface area contributed by atoms with Crippen molar-refractivity contribution >= 4 is 5.91 Å². The van der Waals surface area contributed by atoms with Gasteiger partial charge in [-0.2, -0.15) is 0 Å². The van der Waals surface area contributed by atoms with Crippen LogP contribution in [0.4, 0.5) is 0 Å². The van der Waals surface area contributed by atoms with Crippen LogP contribution in [0.25, 0.3) is 0 Å². The lowest BCUT2D eigenvalue weighted by molar-refractivity contribution is 0.0895. The van der Waals surface area contributed by atoms with E-state index in [4.69, 9.17) is 5.73 Å². The van der Waals surface area contributed by atoms with Crippen LogP contribution in [-0.4, -0.2) is 23.0 Å². The Morgan fingerprint density at radius 2 is 2.19 bits per heavy atom. The molecule has 0 spiro atoms. The Balaban J connectivity index is 2.77. The van der Waals surface area contributed by atoms with Gasteiger partial charge in [-0.15, -0.1) is 0 Å². The standard InChI is InChI=1S/C12H19N3O/c1-3-12(4-2,9-13)15-11(16)10-6-5-7-14-8-10/h5-8H,3-4,9,13H2,1-2H3,(H,15,16). The molecule has 0 saturated heterocycles. The SMILES string of the molecule is CCC(CC)(CN)NC(=O)c1cccnc1. The number of hydrogen-bond donors (Lipinski definition) is 2. The third kappa shape index (κ3) is 2.79. The van der Waals surface area contributed by atoms with Crippen molar-refractivity contribution in [3.8, 4) is 0 Å². The van der Waals surface area contributed by atoms with Crippen LogP contribution >= 0.6 is 0 Å². The highest BCUT2D eigenvalue weighted by Gasteiger charge is 2.26. The van der Waals surface area contributed by atoms with E-state index >= 15 is 0 Å². The minimum absolute atomic E-state index is 0.109. The van der Waals surface area contributed by atoms with Gasteiger partial charge in [0.05, 0.1) is 11.1 Å². The topological polar surface area (TPSA) is 68.0 Å². The predicted molar refractivity (Wildman–Crippen MR) is 64.1 cm³/mol. The highest BCUT2D eigenvalue weighted by atomic mass is 16.1. The van der Waals surface area contributed by atoms with E-state index in [0.717, 1.165) is 12.8 Å². The first-order valence-corrected chi connectivity index (χ1v) is 5.60. The molecule has 0 aliphatic heterocycles. The summed E-state index contributed by atoms with van der Waals surface area (Å²) in [5.41, 5.74) is 6.00. The molecule has 3 N–H and O–H groups in total. The molecule has 0 aliphatic carbocycles. The molecular weight excluding hydrogens is 202 g/mol. The van der Waals surface area contributed by atoms with E-state index in [9.17, 15) is 4.79 Å². The Kier molecular flexibility index (Phi) is 4.43. The number of nitrogens with one attached hydrogen (secondary N) is 1. The van der Waals surface area contributed by atoms with E-state index in [0.29, 0.717) is 12.1 Å². The van der Waals surface area contributed by atoms with Crippen molar-refractivity contribution in [1.29, 1.82) is 0 Å². The molecule has 0 saturated carbocycles. The Hall–Kier alpha value is -1.42. The van der Waals surface area contributed by atoms with Crippen LogP contribution in [0.5, 0.6) is 0 Å². The molecule has 4 nitrogen and oxygen atoms in total. The molecule has 1 amide bonds. The van der Waals surface area contributed by atoms with Gasteiger partial charge < -0.3 is 11.1 Å². The van der Waals surface area contributed by atoms with Crippen LogP contribution in [0.3, 0.4) is 0 Å². The lowest BCUT2D eigenvalue weighted by Gasteiger charge is -2.31. The van der Waals surface area contributed by atoms with Crippen molar-refractivity contribution in [2.24, 2.45) is 5.73 Å². The van der Waals surface area contributed by atoms with Crippen molar-refractivity contribution in [3.05, 3.63) is 30.1 Å². The molecule has 1 aromatic heterocycles. The van der Waals surface area contributed by atoms with Crippen LogP contribution < -0.4 is 11.1 Å². The molecule has 16 heavy (non-hydrogen) atoms. The van der Waals surface area contributed by atoms with Crippen LogP contribution in [0.2, 0.25) is 0 Å². The molecule has 1 aromatic rings. The summed E-state index contributed by atoms with van der Waals surface area (Å²) in [6, 6.07) is 3.49. The van der Waals surface area contributed by atoms with Gasteiger partial charge in [-0.05, 0) is 25.0 Å². The predicted octanol–water partition coefficient (Wildman–Crippen LogP) is 1.33. The fourth-order valence-electron chi connectivity index (χ4n) is 1.58. The minimum atomic E-state index is -0.299. The number of nitrogens with two attached hydrogens (primary N) is 1. The molecule has 0 aromatic carbocycles. The van der Waals surface area contributed by atoms with E-state index in [1.165, 1.54) is 0 Å². The zero-order valence-electron chi connectivity index (χ0n) is 9.86. The second kappa shape index (κ2) is 5.61. The number of rotatable bonds is 5. The Morgan fingerprint density at radius 3 is 2.62 bits per heavy atom. The summed E-state index contributed by atoms with van der Waals surface area (Å²) in [5.74, 6) is -0.109. The third-order valence-corrected chi connectivity index (χ3v) is 3.05. The minimum Gasteiger partial charge on any atom is -0.345 e. The number of carbonyl (C=O) groups excluding carboxylic acids is 1. The highest BCUT2D eigenvalue weighted by molar-refractivity contribution is 5.94. The number of hydrogen-bond acceptors (Lipinski definition) is 3. The lowest BCUT2D eigenvalue weighted by atomic mass is 9.92. The van der Waals surface area contributed by atoms with E-state index in [-0.39, 0.29) is 11.4 Å². The van der Waals surface area contributed by atoms with Crippen molar-refractivity contribution in [2.45, 2.75) is 32.2 Å². The number of nitrogens with zero attached hydrogens (tertiary/aromatic N) is 1. The van der Waals surface area contributed by atoms with Crippen LogP contribution in [-0.2, 0) is 0 Å². The van der Waals surface area contributed by atoms with Gasteiger partial charge in [-0.1, -0.05) is 13.8 Å². The largest absolute Gasteiger partial charge is 0.345 e. The number of pyridine rings is 1. The zero-order chi connectivity index (χ0) is 12.0. The first-order chi connectivity index (χ1) is 7.67.